The Labute approximate surface area is 193 Å². The molecule has 162 valence electrons. The van der Waals surface area contributed by atoms with Crippen molar-refractivity contribution in [3.63, 3.8) is 0 Å². The summed E-state index contributed by atoms with van der Waals surface area (Å²) in [4.78, 5) is 32.8. The number of carbonyl (C=O) groups is 1. The molecule has 0 saturated carbocycles. The predicted octanol–water partition coefficient (Wildman–Crippen LogP) is 5.83. The third-order valence-corrected chi connectivity index (χ3v) is 6.43. The van der Waals surface area contributed by atoms with Crippen molar-refractivity contribution in [3.05, 3.63) is 86.2 Å². The van der Waals surface area contributed by atoms with Gasteiger partial charge in [0.25, 0.3) is 5.91 Å². The number of ether oxygens (including phenoxy) is 1. The first kappa shape index (κ1) is 20.7. The van der Waals surface area contributed by atoms with E-state index in [2.05, 4.69) is 11.9 Å². The first-order valence-electron chi connectivity index (χ1n) is 10.3. The Morgan fingerprint density at radius 2 is 2.00 bits per heavy atom. The van der Waals surface area contributed by atoms with E-state index >= 15 is 0 Å². The fraction of sp³-hybridized carbons (Fsp3) is 0.208. The van der Waals surface area contributed by atoms with E-state index in [0.29, 0.717) is 33.3 Å². The molecule has 1 atom stereocenters. The summed E-state index contributed by atoms with van der Waals surface area (Å²) >= 11 is 7.45. The quantitative estimate of drug-likeness (QED) is 0.334. The molecular formula is C24H19ClN2O4S. The number of halogens is 1. The van der Waals surface area contributed by atoms with Crippen molar-refractivity contribution in [2.24, 2.45) is 0 Å². The van der Waals surface area contributed by atoms with E-state index in [1.165, 1.54) is 16.2 Å². The van der Waals surface area contributed by atoms with Crippen molar-refractivity contribution in [2.75, 3.05) is 11.5 Å². The van der Waals surface area contributed by atoms with E-state index in [4.69, 9.17) is 20.8 Å². The van der Waals surface area contributed by atoms with Crippen molar-refractivity contribution in [3.8, 4) is 5.75 Å². The maximum atomic E-state index is 13.5. The second-order valence-corrected chi connectivity index (χ2v) is 8.79. The fourth-order valence-electron chi connectivity index (χ4n) is 3.87. The lowest BCUT2D eigenvalue weighted by Crippen LogP contribution is -2.29. The number of benzene rings is 2. The molecule has 0 aliphatic carbocycles. The first-order valence-corrected chi connectivity index (χ1v) is 11.6. The molecule has 5 rings (SSSR count). The number of nitrogens with zero attached hydrogens (tertiary/aromatic N) is 2. The van der Waals surface area contributed by atoms with Crippen molar-refractivity contribution in [1.29, 1.82) is 0 Å². The number of hydrogen-bond acceptors (Lipinski definition) is 6. The molecule has 1 unspecified atom stereocenters. The Bertz CT molecular complexity index is 1350. The monoisotopic (exact) mass is 466 g/mol. The van der Waals surface area contributed by atoms with Gasteiger partial charge in [0.15, 0.2) is 10.6 Å². The average molecular weight is 467 g/mol. The topological polar surface area (TPSA) is 72.6 Å². The second kappa shape index (κ2) is 8.41. The van der Waals surface area contributed by atoms with E-state index < -0.39 is 11.9 Å². The minimum Gasteiger partial charge on any atom is -0.494 e. The molecule has 1 aliphatic heterocycles. The zero-order valence-electron chi connectivity index (χ0n) is 17.2. The zero-order chi connectivity index (χ0) is 22.2. The van der Waals surface area contributed by atoms with Gasteiger partial charge >= 0.3 is 0 Å². The number of carbonyl (C=O) groups excluding carboxylic acids is 1. The maximum Gasteiger partial charge on any atom is 0.297 e. The minimum absolute atomic E-state index is 0.0355. The van der Waals surface area contributed by atoms with E-state index in [1.54, 1.807) is 29.8 Å². The molecule has 0 fully saturated rings. The van der Waals surface area contributed by atoms with Crippen LogP contribution in [-0.2, 0) is 0 Å². The highest BCUT2D eigenvalue weighted by atomic mass is 35.5. The Morgan fingerprint density at radius 3 is 2.72 bits per heavy atom. The lowest BCUT2D eigenvalue weighted by Gasteiger charge is -2.22. The van der Waals surface area contributed by atoms with E-state index in [0.717, 1.165) is 24.2 Å². The standard InChI is InChI=1S/C24H19ClN2O4S/c1-2-3-11-30-16-7-4-14(5-8-16)20-19-21(28)17-13-15(25)6-9-18(17)31-22(19)23(29)27(20)24-26-10-12-32-24/h4-10,12-13,20H,2-3,11H2,1H3. The van der Waals surface area contributed by atoms with Gasteiger partial charge in [0.1, 0.15) is 11.3 Å². The molecule has 0 radical (unpaired) electrons. The molecule has 0 spiro atoms. The van der Waals surface area contributed by atoms with Gasteiger partial charge in [-0.2, -0.15) is 0 Å². The Balaban J connectivity index is 1.66. The van der Waals surface area contributed by atoms with Crippen LogP contribution >= 0.6 is 22.9 Å². The van der Waals surface area contributed by atoms with Crippen LogP contribution in [0.5, 0.6) is 5.75 Å². The van der Waals surface area contributed by atoms with Crippen LogP contribution in [0.2, 0.25) is 5.02 Å². The number of unbranched alkanes of at least 4 members (excludes halogenated alkanes) is 1. The molecule has 8 heteroatoms. The molecule has 3 heterocycles. The van der Waals surface area contributed by atoms with Crippen LogP contribution < -0.4 is 15.1 Å². The van der Waals surface area contributed by atoms with E-state index in [1.807, 2.05) is 24.3 Å². The SMILES string of the molecule is CCCCOc1ccc(C2c3c(oc4ccc(Cl)cc4c3=O)C(=O)N2c2nccs2)cc1. The van der Waals surface area contributed by atoms with E-state index in [-0.39, 0.29) is 11.2 Å². The Hall–Kier alpha value is -3.16. The highest BCUT2D eigenvalue weighted by Crippen LogP contribution is 2.42. The first-order chi connectivity index (χ1) is 15.6. The Morgan fingerprint density at radius 1 is 1.19 bits per heavy atom. The van der Waals surface area contributed by atoms with Crippen molar-refractivity contribution in [1.82, 2.24) is 4.98 Å². The van der Waals surface area contributed by atoms with Gasteiger partial charge in [-0.25, -0.2) is 4.98 Å². The summed E-state index contributed by atoms with van der Waals surface area (Å²) in [7, 11) is 0. The van der Waals surface area contributed by atoms with Gasteiger partial charge in [-0.3, -0.25) is 14.5 Å². The molecule has 4 aromatic rings. The summed E-state index contributed by atoms with van der Waals surface area (Å²) < 4.78 is 11.7. The lowest BCUT2D eigenvalue weighted by atomic mass is 9.98. The predicted molar refractivity (Wildman–Crippen MR) is 125 cm³/mol. The van der Waals surface area contributed by atoms with Crippen LogP contribution in [0.3, 0.4) is 0 Å². The largest absolute Gasteiger partial charge is 0.494 e. The molecule has 0 N–H and O–H groups in total. The molecule has 1 amide bonds. The second-order valence-electron chi connectivity index (χ2n) is 7.48. The summed E-state index contributed by atoms with van der Waals surface area (Å²) in [6.07, 6.45) is 3.65. The molecule has 0 saturated heterocycles. The smallest absolute Gasteiger partial charge is 0.297 e. The molecule has 32 heavy (non-hydrogen) atoms. The summed E-state index contributed by atoms with van der Waals surface area (Å²) in [5, 5.41) is 3.06. The summed E-state index contributed by atoms with van der Waals surface area (Å²) in [6, 6.07) is 11.6. The van der Waals surface area contributed by atoms with Crippen molar-refractivity contribution >= 4 is 44.9 Å². The van der Waals surface area contributed by atoms with Crippen LogP contribution in [0.4, 0.5) is 5.13 Å². The summed E-state index contributed by atoms with van der Waals surface area (Å²) in [5.41, 5.74) is 1.11. The number of thiazole rings is 1. The molecule has 2 aromatic heterocycles. The number of aromatic nitrogens is 1. The maximum absolute atomic E-state index is 13.5. The van der Waals surface area contributed by atoms with Gasteiger partial charge in [-0.1, -0.05) is 37.1 Å². The molecular weight excluding hydrogens is 448 g/mol. The normalized spacial score (nSPS) is 15.4. The molecule has 1 aliphatic rings. The third-order valence-electron chi connectivity index (χ3n) is 5.42. The molecule has 0 bridgehead atoms. The third kappa shape index (κ3) is 3.47. The number of hydrogen-bond donors (Lipinski definition) is 0. The molecule has 6 nitrogen and oxygen atoms in total. The average Bonchev–Trinajstić information content (AvgIpc) is 3.42. The van der Waals surface area contributed by atoms with Crippen LogP contribution in [0.1, 0.15) is 47.5 Å². The van der Waals surface area contributed by atoms with Crippen molar-refractivity contribution in [2.45, 2.75) is 25.8 Å². The van der Waals surface area contributed by atoms with Gasteiger partial charge < -0.3 is 9.15 Å². The Kier molecular flexibility index (Phi) is 5.45. The fourth-order valence-corrected chi connectivity index (χ4v) is 4.71. The van der Waals surface area contributed by atoms with Crippen LogP contribution in [0.15, 0.2) is 63.3 Å². The highest BCUT2D eigenvalue weighted by molar-refractivity contribution is 7.13. The number of anilines is 1. The number of amides is 1. The van der Waals surface area contributed by atoms with Crippen LogP contribution in [0.25, 0.3) is 11.0 Å². The van der Waals surface area contributed by atoms with Crippen LogP contribution in [0, 0.1) is 0 Å². The number of fused-ring (bicyclic) bond motifs is 2. The minimum atomic E-state index is -0.659. The highest BCUT2D eigenvalue weighted by Gasteiger charge is 2.44. The van der Waals surface area contributed by atoms with Gasteiger partial charge in [0.2, 0.25) is 5.76 Å². The zero-order valence-corrected chi connectivity index (χ0v) is 18.8. The van der Waals surface area contributed by atoms with Gasteiger partial charge in [-0.05, 0) is 42.3 Å². The molecule has 2 aromatic carbocycles. The lowest BCUT2D eigenvalue weighted by molar-refractivity contribution is 0.0971. The number of rotatable bonds is 6. The van der Waals surface area contributed by atoms with Crippen LogP contribution in [-0.4, -0.2) is 17.5 Å². The summed E-state index contributed by atoms with van der Waals surface area (Å²) in [6.45, 7) is 2.75. The van der Waals surface area contributed by atoms with Gasteiger partial charge in [-0.15, -0.1) is 11.3 Å². The van der Waals surface area contributed by atoms with Gasteiger partial charge in [0.05, 0.1) is 23.6 Å². The van der Waals surface area contributed by atoms with Gasteiger partial charge in [0, 0.05) is 16.6 Å². The van der Waals surface area contributed by atoms with Crippen molar-refractivity contribution < 1.29 is 13.9 Å². The summed E-state index contributed by atoms with van der Waals surface area (Å²) in [5.74, 6) is 0.385. The van der Waals surface area contributed by atoms with E-state index in [9.17, 15) is 9.59 Å².